The van der Waals surface area contributed by atoms with E-state index >= 15 is 0 Å². The molecule has 0 unspecified atom stereocenters. The second-order valence-corrected chi connectivity index (χ2v) is 13.7. The Morgan fingerprint density at radius 2 is 1.49 bits per heavy atom. The van der Waals surface area contributed by atoms with E-state index < -0.39 is 28.5 Å². The van der Waals surface area contributed by atoms with Crippen molar-refractivity contribution in [2.24, 2.45) is 0 Å². The summed E-state index contributed by atoms with van der Waals surface area (Å²) in [6, 6.07) is 25.8. The largest absolute Gasteiger partial charge is 0.354 e. The highest BCUT2D eigenvalue weighted by Gasteiger charge is 2.35. The van der Waals surface area contributed by atoms with E-state index in [0.717, 1.165) is 15.4 Å². The molecule has 1 N–H and O–H groups in total. The molecule has 4 aromatic carbocycles. The summed E-state index contributed by atoms with van der Waals surface area (Å²) in [4.78, 5) is 29.6. The van der Waals surface area contributed by atoms with E-state index in [-0.39, 0.29) is 29.5 Å². The SMILES string of the molecule is CCCNC(=O)[C@@H](Cc1ccccc1)N(Cc1ccc(Cl)cc1Cl)C(=O)CN(c1ccc(Cl)cc1)S(=O)(=O)c1ccc(C)cc1. The van der Waals surface area contributed by atoms with Gasteiger partial charge in [-0.3, -0.25) is 13.9 Å². The maximum absolute atomic E-state index is 14.5. The maximum Gasteiger partial charge on any atom is 0.264 e. The van der Waals surface area contributed by atoms with Gasteiger partial charge in [-0.2, -0.15) is 0 Å². The second-order valence-electron chi connectivity index (χ2n) is 10.6. The van der Waals surface area contributed by atoms with E-state index in [1.807, 2.05) is 44.2 Å². The fourth-order valence-corrected chi connectivity index (χ4v) is 6.74. The van der Waals surface area contributed by atoms with Crippen LogP contribution in [0.15, 0.2) is 102 Å². The molecule has 0 radical (unpaired) electrons. The van der Waals surface area contributed by atoms with Gasteiger partial charge in [0.05, 0.1) is 10.6 Å². The minimum absolute atomic E-state index is 0.0182. The van der Waals surface area contributed by atoms with Crippen molar-refractivity contribution in [3.8, 4) is 0 Å². The number of halogens is 3. The zero-order valence-corrected chi connectivity index (χ0v) is 28.0. The molecule has 236 valence electrons. The number of hydrogen-bond donors (Lipinski definition) is 1. The van der Waals surface area contributed by atoms with Gasteiger partial charge in [0, 0.05) is 34.6 Å². The van der Waals surface area contributed by atoms with E-state index in [1.54, 1.807) is 42.5 Å². The molecule has 0 spiro atoms. The maximum atomic E-state index is 14.5. The fraction of sp³-hybridized carbons (Fsp3) is 0.235. The van der Waals surface area contributed by atoms with Crippen LogP contribution >= 0.6 is 34.8 Å². The Labute approximate surface area is 279 Å². The first-order chi connectivity index (χ1) is 21.5. The van der Waals surface area contributed by atoms with Crippen molar-refractivity contribution in [2.45, 2.75) is 44.2 Å². The van der Waals surface area contributed by atoms with Crippen molar-refractivity contribution >= 4 is 62.3 Å². The summed E-state index contributed by atoms with van der Waals surface area (Å²) < 4.78 is 29.2. The first-order valence-corrected chi connectivity index (χ1v) is 17.0. The van der Waals surface area contributed by atoms with Crippen LogP contribution < -0.4 is 9.62 Å². The molecule has 0 bridgehead atoms. The van der Waals surface area contributed by atoms with Gasteiger partial charge in [-0.1, -0.05) is 95.8 Å². The van der Waals surface area contributed by atoms with Crippen molar-refractivity contribution in [3.05, 3.63) is 129 Å². The van der Waals surface area contributed by atoms with Gasteiger partial charge in [-0.05, 0) is 73.0 Å². The molecule has 0 saturated carbocycles. The molecule has 0 aromatic heterocycles. The second kappa shape index (κ2) is 15.6. The van der Waals surface area contributed by atoms with Gasteiger partial charge in [-0.15, -0.1) is 0 Å². The Morgan fingerprint density at radius 3 is 2.11 bits per heavy atom. The zero-order chi connectivity index (χ0) is 32.6. The number of hydrogen-bond acceptors (Lipinski definition) is 4. The van der Waals surface area contributed by atoms with Crippen LogP contribution in [0.4, 0.5) is 5.69 Å². The van der Waals surface area contributed by atoms with Gasteiger partial charge in [0.15, 0.2) is 0 Å². The first-order valence-electron chi connectivity index (χ1n) is 14.4. The summed E-state index contributed by atoms with van der Waals surface area (Å²) in [5.74, 6) is -0.960. The predicted octanol–water partition coefficient (Wildman–Crippen LogP) is 7.32. The quantitative estimate of drug-likeness (QED) is 0.160. The lowest BCUT2D eigenvalue weighted by molar-refractivity contribution is -0.140. The van der Waals surface area contributed by atoms with Crippen molar-refractivity contribution in [2.75, 3.05) is 17.4 Å². The average molecular weight is 687 g/mol. The molecule has 2 amide bonds. The monoisotopic (exact) mass is 685 g/mol. The highest BCUT2D eigenvalue weighted by atomic mass is 35.5. The van der Waals surface area contributed by atoms with Crippen molar-refractivity contribution in [3.63, 3.8) is 0 Å². The molecule has 0 aliphatic rings. The molecule has 45 heavy (non-hydrogen) atoms. The predicted molar refractivity (Wildman–Crippen MR) is 181 cm³/mol. The number of aryl methyl sites for hydroxylation is 1. The topological polar surface area (TPSA) is 86.8 Å². The Hall–Kier alpha value is -3.56. The average Bonchev–Trinajstić information content (AvgIpc) is 3.02. The normalized spacial score (nSPS) is 11.9. The Balaban J connectivity index is 1.81. The number of carbonyl (C=O) groups excluding carboxylic acids is 2. The van der Waals surface area contributed by atoms with Crippen LogP contribution in [-0.4, -0.2) is 44.3 Å². The van der Waals surface area contributed by atoms with Gasteiger partial charge in [0.2, 0.25) is 11.8 Å². The zero-order valence-electron chi connectivity index (χ0n) is 24.9. The molecular formula is C34H34Cl3N3O4S. The molecule has 0 fully saturated rings. The third kappa shape index (κ3) is 9.01. The highest BCUT2D eigenvalue weighted by molar-refractivity contribution is 7.92. The molecular weight excluding hydrogens is 653 g/mol. The van der Waals surface area contributed by atoms with Gasteiger partial charge < -0.3 is 10.2 Å². The number of nitrogens with zero attached hydrogens (tertiary/aromatic N) is 2. The lowest BCUT2D eigenvalue weighted by Crippen LogP contribution is -2.53. The van der Waals surface area contributed by atoms with Crippen LogP contribution in [0.1, 0.15) is 30.0 Å². The van der Waals surface area contributed by atoms with Crippen molar-refractivity contribution in [1.29, 1.82) is 0 Å². The summed E-state index contributed by atoms with van der Waals surface area (Å²) >= 11 is 18.8. The molecule has 11 heteroatoms. The van der Waals surface area contributed by atoms with E-state index in [4.69, 9.17) is 34.8 Å². The summed E-state index contributed by atoms with van der Waals surface area (Å²) in [5, 5.41) is 4.06. The van der Waals surface area contributed by atoms with Crippen LogP contribution in [0.25, 0.3) is 0 Å². The number of benzene rings is 4. The molecule has 0 aliphatic carbocycles. The molecule has 4 aromatic rings. The lowest BCUT2D eigenvalue weighted by Gasteiger charge is -2.34. The summed E-state index contributed by atoms with van der Waals surface area (Å²) in [5.41, 5.74) is 2.51. The lowest BCUT2D eigenvalue weighted by atomic mass is 10.0. The van der Waals surface area contributed by atoms with Crippen LogP contribution in [0, 0.1) is 6.92 Å². The summed E-state index contributed by atoms with van der Waals surface area (Å²) in [6.45, 7) is 3.54. The smallest absolute Gasteiger partial charge is 0.264 e. The van der Waals surface area contributed by atoms with E-state index in [2.05, 4.69) is 5.32 Å². The van der Waals surface area contributed by atoms with E-state index in [1.165, 1.54) is 29.2 Å². The molecule has 7 nitrogen and oxygen atoms in total. The van der Waals surface area contributed by atoms with Gasteiger partial charge >= 0.3 is 0 Å². The Morgan fingerprint density at radius 1 is 0.844 bits per heavy atom. The first kappa shape index (κ1) is 34.3. The number of carbonyl (C=O) groups is 2. The third-order valence-electron chi connectivity index (χ3n) is 7.18. The van der Waals surface area contributed by atoms with Crippen LogP contribution in [0.5, 0.6) is 0 Å². The van der Waals surface area contributed by atoms with Crippen LogP contribution in [0.3, 0.4) is 0 Å². The van der Waals surface area contributed by atoms with Crippen LogP contribution in [0.2, 0.25) is 15.1 Å². The van der Waals surface area contributed by atoms with Crippen molar-refractivity contribution < 1.29 is 18.0 Å². The molecule has 4 rings (SSSR count). The minimum atomic E-state index is -4.22. The Bertz CT molecular complexity index is 1720. The van der Waals surface area contributed by atoms with E-state index in [0.29, 0.717) is 33.6 Å². The number of rotatable bonds is 13. The van der Waals surface area contributed by atoms with Gasteiger partial charge in [0.1, 0.15) is 12.6 Å². The third-order valence-corrected chi connectivity index (χ3v) is 9.81. The molecule has 1 atom stereocenters. The molecule has 0 saturated heterocycles. The molecule has 0 heterocycles. The molecule has 0 aliphatic heterocycles. The highest BCUT2D eigenvalue weighted by Crippen LogP contribution is 2.28. The number of anilines is 1. The minimum Gasteiger partial charge on any atom is -0.354 e. The van der Waals surface area contributed by atoms with Gasteiger partial charge in [-0.25, -0.2) is 8.42 Å². The standard InChI is InChI=1S/C34H34Cl3N3O4S/c1-3-19-38-34(42)32(20-25-7-5-4-6-8-25)39(22-26-11-12-28(36)21-31(26)37)33(41)23-40(29-15-13-27(35)14-16-29)45(43,44)30-17-9-24(2)10-18-30/h4-18,21,32H,3,19-20,22-23H2,1-2H3,(H,38,42)/t32-/m1/s1. The number of amides is 2. The van der Waals surface area contributed by atoms with Gasteiger partial charge in [0.25, 0.3) is 10.0 Å². The Kier molecular flexibility index (Phi) is 11.9. The number of nitrogens with one attached hydrogen (secondary N) is 1. The van der Waals surface area contributed by atoms with Crippen LogP contribution in [-0.2, 0) is 32.6 Å². The summed E-state index contributed by atoms with van der Waals surface area (Å²) in [7, 11) is -4.22. The van der Waals surface area contributed by atoms with Crippen molar-refractivity contribution in [1.82, 2.24) is 10.2 Å². The summed E-state index contributed by atoms with van der Waals surface area (Å²) in [6.07, 6.45) is 0.888. The fourth-order valence-electron chi connectivity index (χ4n) is 4.73. The number of sulfonamides is 1. The van der Waals surface area contributed by atoms with E-state index in [9.17, 15) is 18.0 Å².